The normalized spacial score (nSPS) is 28.9. The minimum absolute atomic E-state index is 0.273. The van der Waals surface area contributed by atoms with Crippen LogP contribution in [0.5, 0.6) is 5.75 Å². The highest BCUT2D eigenvalue weighted by atomic mass is 16.6. The first-order chi connectivity index (χ1) is 11.7. The summed E-state index contributed by atoms with van der Waals surface area (Å²) in [6.45, 7) is 2.36. The summed E-state index contributed by atoms with van der Waals surface area (Å²) < 4.78 is 5.37. The molecular weight excluding hydrogens is 304 g/mol. The lowest BCUT2D eigenvalue weighted by molar-refractivity contribution is -0.134. The molecule has 1 saturated heterocycles. The molecule has 2 aliphatic carbocycles. The van der Waals surface area contributed by atoms with E-state index in [0.29, 0.717) is 49.7 Å². The van der Waals surface area contributed by atoms with Crippen molar-refractivity contribution in [1.29, 1.82) is 0 Å². The number of piperazine rings is 1. The van der Waals surface area contributed by atoms with Crippen LogP contribution in [-0.4, -0.2) is 48.0 Å². The molecule has 0 aromatic heterocycles. The average molecular weight is 328 g/mol. The molecule has 5 nitrogen and oxygen atoms in total. The van der Waals surface area contributed by atoms with E-state index in [1.165, 1.54) is 25.7 Å². The molecule has 0 spiro atoms. The number of carbonyl (C=O) groups excluding carboxylic acids is 2. The summed E-state index contributed by atoms with van der Waals surface area (Å²) in [7, 11) is 0. The Kier molecular flexibility index (Phi) is 4.17. The van der Waals surface area contributed by atoms with E-state index < -0.39 is 0 Å². The van der Waals surface area contributed by atoms with Crippen molar-refractivity contribution in [3.05, 3.63) is 30.3 Å². The fourth-order valence-corrected chi connectivity index (χ4v) is 4.33. The lowest BCUT2D eigenvalue weighted by Crippen LogP contribution is -2.51. The van der Waals surface area contributed by atoms with Crippen molar-refractivity contribution in [1.82, 2.24) is 9.80 Å². The van der Waals surface area contributed by atoms with Crippen LogP contribution in [0, 0.1) is 17.8 Å². The quantitative estimate of drug-likeness (QED) is 0.839. The third kappa shape index (κ3) is 2.99. The molecule has 2 amide bonds. The van der Waals surface area contributed by atoms with E-state index in [9.17, 15) is 9.59 Å². The zero-order chi connectivity index (χ0) is 16.5. The van der Waals surface area contributed by atoms with Crippen molar-refractivity contribution >= 4 is 12.0 Å². The Labute approximate surface area is 142 Å². The van der Waals surface area contributed by atoms with Gasteiger partial charge in [-0.05, 0) is 36.8 Å². The Hall–Kier alpha value is -2.04. The molecule has 1 aromatic rings. The van der Waals surface area contributed by atoms with Gasteiger partial charge in [0.1, 0.15) is 5.75 Å². The van der Waals surface area contributed by atoms with E-state index in [-0.39, 0.29) is 12.0 Å². The monoisotopic (exact) mass is 328 g/mol. The maximum absolute atomic E-state index is 12.7. The minimum Gasteiger partial charge on any atom is -0.410 e. The highest BCUT2D eigenvalue weighted by Crippen LogP contribution is 2.56. The standard InChI is InChI=1S/C19H24N2O3/c22-18(17-15-8-4-5-9-16(15)17)20-10-12-21(13-11-20)19(23)24-14-6-2-1-3-7-14/h1-3,6-7,15-17H,4-5,8-13H2/t15-,16+,17?. The summed E-state index contributed by atoms with van der Waals surface area (Å²) in [5.41, 5.74) is 0. The van der Waals surface area contributed by atoms with Crippen molar-refractivity contribution in [2.45, 2.75) is 25.7 Å². The predicted octanol–water partition coefficient (Wildman–Crippen LogP) is 2.77. The van der Waals surface area contributed by atoms with Crippen LogP contribution >= 0.6 is 0 Å². The zero-order valence-electron chi connectivity index (χ0n) is 13.9. The number of amides is 2. The van der Waals surface area contributed by atoms with Gasteiger partial charge in [0.2, 0.25) is 5.91 Å². The molecule has 0 radical (unpaired) electrons. The van der Waals surface area contributed by atoms with E-state index in [0.717, 1.165) is 0 Å². The lowest BCUT2D eigenvalue weighted by Gasteiger charge is -2.34. The second-order valence-electron chi connectivity index (χ2n) is 7.13. The molecule has 1 heterocycles. The molecule has 0 N–H and O–H groups in total. The van der Waals surface area contributed by atoms with Crippen molar-refractivity contribution < 1.29 is 14.3 Å². The number of para-hydroxylation sites is 1. The summed E-state index contributed by atoms with van der Waals surface area (Å²) >= 11 is 0. The van der Waals surface area contributed by atoms with Gasteiger partial charge in [-0.15, -0.1) is 0 Å². The number of hydrogen-bond donors (Lipinski definition) is 0. The Bertz CT molecular complexity index is 598. The maximum Gasteiger partial charge on any atom is 0.415 e. The summed E-state index contributed by atoms with van der Waals surface area (Å²) in [6.07, 6.45) is 4.69. The topological polar surface area (TPSA) is 49.9 Å². The third-order valence-corrected chi connectivity index (χ3v) is 5.74. The number of carbonyl (C=O) groups is 2. The first-order valence-electron chi connectivity index (χ1n) is 9.04. The van der Waals surface area contributed by atoms with Gasteiger partial charge in [0.25, 0.3) is 0 Å². The second-order valence-corrected chi connectivity index (χ2v) is 7.13. The van der Waals surface area contributed by atoms with Crippen LogP contribution < -0.4 is 4.74 Å². The first kappa shape index (κ1) is 15.5. The molecule has 1 aromatic carbocycles. The SMILES string of the molecule is O=C(Oc1ccccc1)N1CCN(C(=O)C2[C@H]3CCCC[C@@H]23)CC1. The van der Waals surface area contributed by atoms with E-state index in [2.05, 4.69) is 0 Å². The number of nitrogens with zero attached hydrogens (tertiary/aromatic N) is 2. The molecule has 3 fully saturated rings. The van der Waals surface area contributed by atoms with Gasteiger partial charge in [0, 0.05) is 32.1 Å². The first-order valence-corrected chi connectivity index (χ1v) is 9.04. The van der Waals surface area contributed by atoms with Crippen LogP contribution in [-0.2, 0) is 4.79 Å². The molecule has 128 valence electrons. The van der Waals surface area contributed by atoms with Crippen molar-refractivity contribution in [3.63, 3.8) is 0 Å². The summed E-state index contributed by atoms with van der Waals surface area (Å²) in [5, 5.41) is 0. The van der Waals surface area contributed by atoms with E-state index in [1.54, 1.807) is 17.0 Å². The smallest absolute Gasteiger partial charge is 0.410 e. The van der Waals surface area contributed by atoms with Gasteiger partial charge in [-0.25, -0.2) is 4.79 Å². The van der Waals surface area contributed by atoms with E-state index >= 15 is 0 Å². The number of benzene rings is 1. The minimum atomic E-state index is -0.326. The van der Waals surface area contributed by atoms with Crippen LogP contribution in [0.4, 0.5) is 4.79 Å². The fraction of sp³-hybridized carbons (Fsp3) is 0.579. The summed E-state index contributed by atoms with van der Waals surface area (Å²) in [5.74, 6) is 2.45. The number of hydrogen-bond acceptors (Lipinski definition) is 3. The predicted molar refractivity (Wildman–Crippen MR) is 89.6 cm³/mol. The second kappa shape index (κ2) is 6.46. The van der Waals surface area contributed by atoms with Gasteiger partial charge in [-0.2, -0.15) is 0 Å². The number of rotatable bonds is 2. The van der Waals surface area contributed by atoms with Gasteiger partial charge >= 0.3 is 6.09 Å². The van der Waals surface area contributed by atoms with Crippen LogP contribution in [0.2, 0.25) is 0 Å². The molecule has 3 aliphatic rings. The molecule has 4 rings (SSSR count). The number of ether oxygens (including phenoxy) is 1. The lowest BCUT2D eigenvalue weighted by atomic mass is 10.0. The van der Waals surface area contributed by atoms with E-state index in [1.807, 2.05) is 23.1 Å². The highest BCUT2D eigenvalue weighted by Gasteiger charge is 2.55. The number of fused-ring (bicyclic) bond motifs is 1. The van der Waals surface area contributed by atoms with Gasteiger partial charge in [0.05, 0.1) is 0 Å². The van der Waals surface area contributed by atoms with Crippen LogP contribution in [0.25, 0.3) is 0 Å². The Morgan fingerprint density at radius 2 is 1.46 bits per heavy atom. The molecule has 5 heteroatoms. The highest BCUT2D eigenvalue weighted by molar-refractivity contribution is 5.83. The van der Waals surface area contributed by atoms with Crippen molar-refractivity contribution in [2.75, 3.05) is 26.2 Å². The molecule has 0 bridgehead atoms. The average Bonchev–Trinajstić information content (AvgIpc) is 3.36. The Morgan fingerprint density at radius 1 is 0.875 bits per heavy atom. The fourth-order valence-electron chi connectivity index (χ4n) is 4.33. The zero-order valence-corrected chi connectivity index (χ0v) is 13.9. The van der Waals surface area contributed by atoms with Gasteiger partial charge in [-0.3, -0.25) is 4.79 Å². The molecule has 2 saturated carbocycles. The van der Waals surface area contributed by atoms with E-state index in [4.69, 9.17) is 4.74 Å². The molecule has 24 heavy (non-hydrogen) atoms. The van der Waals surface area contributed by atoms with Crippen LogP contribution in [0.15, 0.2) is 30.3 Å². The summed E-state index contributed by atoms with van der Waals surface area (Å²) in [4.78, 5) is 28.5. The van der Waals surface area contributed by atoms with Crippen LogP contribution in [0.3, 0.4) is 0 Å². The van der Waals surface area contributed by atoms with Gasteiger partial charge in [-0.1, -0.05) is 31.0 Å². The van der Waals surface area contributed by atoms with Gasteiger partial charge in [0.15, 0.2) is 0 Å². The molecule has 1 unspecified atom stereocenters. The largest absolute Gasteiger partial charge is 0.415 e. The summed E-state index contributed by atoms with van der Waals surface area (Å²) in [6, 6.07) is 9.11. The molecule has 3 atom stereocenters. The van der Waals surface area contributed by atoms with Crippen LogP contribution in [0.1, 0.15) is 25.7 Å². The third-order valence-electron chi connectivity index (χ3n) is 5.74. The Balaban J connectivity index is 1.27. The van der Waals surface area contributed by atoms with Gasteiger partial charge < -0.3 is 14.5 Å². The molecule has 1 aliphatic heterocycles. The maximum atomic E-state index is 12.7. The van der Waals surface area contributed by atoms with Crippen molar-refractivity contribution in [2.24, 2.45) is 17.8 Å². The molecular formula is C19H24N2O3. The Morgan fingerprint density at radius 3 is 2.08 bits per heavy atom. The van der Waals surface area contributed by atoms with Crippen molar-refractivity contribution in [3.8, 4) is 5.75 Å².